The second-order valence-electron chi connectivity index (χ2n) is 5.40. The minimum absolute atomic E-state index is 0.134. The van der Waals surface area contributed by atoms with E-state index in [9.17, 15) is 9.59 Å². The average Bonchev–Trinajstić information content (AvgIpc) is 2.59. The second-order valence-corrected chi connectivity index (χ2v) is 5.40. The molecular formula is C19H22N2O3. The molecule has 0 saturated heterocycles. The first kappa shape index (κ1) is 17.5. The number of hydrogen-bond donors (Lipinski definition) is 1. The van der Waals surface area contributed by atoms with Crippen molar-refractivity contribution in [2.45, 2.75) is 20.4 Å². The molecule has 0 fully saturated rings. The SMILES string of the molecule is CCN(Cc1ccccc1)C(=O)c1cc(NC(C)=O)ccc1OC. The van der Waals surface area contributed by atoms with Crippen molar-refractivity contribution in [1.82, 2.24) is 4.90 Å². The molecular weight excluding hydrogens is 304 g/mol. The third kappa shape index (κ3) is 4.35. The topological polar surface area (TPSA) is 58.6 Å². The van der Waals surface area contributed by atoms with Crippen molar-refractivity contribution in [3.8, 4) is 5.75 Å². The Labute approximate surface area is 142 Å². The zero-order valence-electron chi connectivity index (χ0n) is 14.2. The molecule has 0 spiro atoms. The summed E-state index contributed by atoms with van der Waals surface area (Å²) in [7, 11) is 1.53. The number of amides is 2. The van der Waals surface area contributed by atoms with E-state index < -0.39 is 0 Å². The van der Waals surface area contributed by atoms with E-state index in [-0.39, 0.29) is 11.8 Å². The molecule has 5 nitrogen and oxygen atoms in total. The van der Waals surface area contributed by atoms with Crippen molar-refractivity contribution in [3.05, 3.63) is 59.7 Å². The number of anilines is 1. The van der Waals surface area contributed by atoms with Crippen LogP contribution in [0.1, 0.15) is 29.8 Å². The molecule has 24 heavy (non-hydrogen) atoms. The van der Waals surface area contributed by atoms with Crippen LogP contribution in [-0.4, -0.2) is 30.4 Å². The Morgan fingerprint density at radius 1 is 1.12 bits per heavy atom. The van der Waals surface area contributed by atoms with Crippen LogP contribution >= 0.6 is 0 Å². The number of hydrogen-bond acceptors (Lipinski definition) is 3. The van der Waals surface area contributed by atoms with Gasteiger partial charge in [0.05, 0.1) is 12.7 Å². The molecule has 126 valence electrons. The Hall–Kier alpha value is -2.82. The van der Waals surface area contributed by atoms with Crippen LogP contribution in [0.25, 0.3) is 0 Å². The Kier molecular flexibility index (Phi) is 5.95. The number of methoxy groups -OCH3 is 1. The lowest BCUT2D eigenvalue weighted by Crippen LogP contribution is -2.30. The standard InChI is InChI=1S/C19H22N2O3/c1-4-21(13-15-8-6-5-7-9-15)19(23)17-12-16(20-14(2)22)10-11-18(17)24-3/h5-12H,4,13H2,1-3H3,(H,20,22). The molecule has 0 aliphatic heterocycles. The van der Waals surface area contributed by atoms with Crippen LogP contribution in [0.4, 0.5) is 5.69 Å². The summed E-state index contributed by atoms with van der Waals surface area (Å²) in [6, 6.07) is 14.9. The Morgan fingerprint density at radius 2 is 1.83 bits per heavy atom. The summed E-state index contributed by atoms with van der Waals surface area (Å²) in [4.78, 5) is 25.9. The highest BCUT2D eigenvalue weighted by Crippen LogP contribution is 2.25. The van der Waals surface area contributed by atoms with E-state index in [4.69, 9.17) is 4.74 Å². The fourth-order valence-electron chi connectivity index (χ4n) is 2.46. The van der Waals surface area contributed by atoms with Gasteiger partial charge in [-0.05, 0) is 30.7 Å². The Balaban J connectivity index is 2.29. The number of ether oxygens (including phenoxy) is 1. The molecule has 0 aliphatic rings. The molecule has 0 unspecified atom stereocenters. The van der Waals surface area contributed by atoms with E-state index in [1.54, 1.807) is 23.1 Å². The van der Waals surface area contributed by atoms with E-state index in [0.717, 1.165) is 5.56 Å². The van der Waals surface area contributed by atoms with Gasteiger partial charge in [0.2, 0.25) is 5.91 Å². The fraction of sp³-hybridized carbons (Fsp3) is 0.263. The minimum atomic E-state index is -0.185. The molecule has 0 atom stereocenters. The van der Waals surface area contributed by atoms with Crippen molar-refractivity contribution < 1.29 is 14.3 Å². The lowest BCUT2D eigenvalue weighted by Gasteiger charge is -2.22. The molecule has 2 aromatic carbocycles. The molecule has 5 heteroatoms. The van der Waals surface area contributed by atoms with Gasteiger partial charge in [0.1, 0.15) is 5.75 Å². The predicted molar refractivity (Wildman–Crippen MR) is 94.2 cm³/mol. The van der Waals surface area contributed by atoms with E-state index in [1.807, 2.05) is 37.3 Å². The molecule has 0 aliphatic carbocycles. The zero-order chi connectivity index (χ0) is 17.5. The molecule has 2 rings (SSSR count). The summed E-state index contributed by atoms with van der Waals surface area (Å²) >= 11 is 0. The van der Waals surface area contributed by atoms with Crippen LogP contribution in [0.5, 0.6) is 5.75 Å². The van der Waals surface area contributed by atoms with E-state index in [0.29, 0.717) is 30.1 Å². The second kappa shape index (κ2) is 8.15. The van der Waals surface area contributed by atoms with Crippen LogP contribution in [0.2, 0.25) is 0 Å². The van der Waals surface area contributed by atoms with Gasteiger partial charge in [0.25, 0.3) is 5.91 Å². The summed E-state index contributed by atoms with van der Waals surface area (Å²) in [5.41, 5.74) is 2.06. The van der Waals surface area contributed by atoms with Gasteiger partial charge in [-0.25, -0.2) is 0 Å². The van der Waals surface area contributed by atoms with E-state index in [1.165, 1.54) is 14.0 Å². The molecule has 0 aromatic heterocycles. The Morgan fingerprint density at radius 3 is 2.42 bits per heavy atom. The number of nitrogens with zero attached hydrogens (tertiary/aromatic N) is 1. The maximum absolute atomic E-state index is 12.9. The van der Waals surface area contributed by atoms with Gasteiger partial charge in [0.15, 0.2) is 0 Å². The molecule has 0 radical (unpaired) electrons. The third-order valence-electron chi connectivity index (χ3n) is 3.64. The normalized spacial score (nSPS) is 10.1. The molecule has 2 amide bonds. The summed E-state index contributed by atoms with van der Waals surface area (Å²) in [5.74, 6) is 0.168. The molecule has 2 aromatic rings. The summed E-state index contributed by atoms with van der Waals surface area (Å²) in [6.07, 6.45) is 0. The fourth-order valence-corrected chi connectivity index (χ4v) is 2.46. The molecule has 0 heterocycles. The van der Waals surface area contributed by atoms with Gasteiger partial charge in [0, 0.05) is 25.7 Å². The summed E-state index contributed by atoms with van der Waals surface area (Å²) < 4.78 is 5.31. The highest BCUT2D eigenvalue weighted by atomic mass is 16.5. The maximum atomic E-state index is 12.9. The van der Waals surface area contributed by atoms with Gasteiger partial charge >= 0.3 is 0 Å². The molecule has 0 saturated carbocycles. The summed E-state index contributed by atoms with van der Waals surface area (Å²) in [5, 5.41) is 2.69. The largest absolute Gasteiger partial charge is 0.496 e. The Bertz CT molecular complexity index is 714. The monoisotopic (exact) mass is 326 g/mol. The van der Waals surface area contributed by atoms with Crippen molar-refractivity contribution in [1.29, 1.82) is 0 Å². The first-order valence-electron chi connectivity index (χ1n) is 7.84. The van der Waals surface area contributed by atoms with E-state index in [2.05, 4.69) is 5.32 Å². The lowest BCUT2D eigenvalue weighted by molar-refractivity contribution is -0.114. The van der Waals surface area contributed by atoms with Gasteiger partial charge in [-0.1, -0.05) is 30.3 Å². The van der Waals surface area contributed by atoms with Gasteiger partial charge < -0.3 is 15.0 Å². The highest BCUT2D eigenvalue weighted by molar-refractivity contribution is 5.99. The number of carbonyl (C=O) groups is 2. The van der Waals surface area contributed by atoms with Crippen LogP contribution in [0, 0.1) is 0 Å². The number of rotatable bonds is 6. The molecule has 1 N–H and O–H groups in total. The number of carbonyl (C=O) groups excluding carboxylic acids is 2. The first-order chi connectivity index (χ1) is 11.5. The van der Waals surface area contributed by atoms with Crippen molar-refractivity contribution in [3.63, 3.8) is 0 Å². The van der Waals surface area contributed by atoms with Crippen molar-refractivity contribution in [2.24, 2.45) is 0 Å². The van der Waals surface area contributed by atoms with Gasteiger partial charge in [-0.15, -0.1) is 0 Å². The lowest BCUT2D eigenvalue weighted by atomic mass is 10.1. The van der Waals surface area contributed by atoms with E-state index >= 15 is 0 Å². The van der Waals surface area contributed by atoms with Gasteiger partial charge in [-0.2, -0.15) is 0 Å². The third-order valence-corrected chi connectivity index (χ3v) is 3.64. The average molecular weight is 326 g/mol. The van der Waals surface area contributed by atoms with Crippen LogP contribution < -0.4 is 10.1 Å². The maximum Gasteiger partial charge on any atom is 0.257 e. The number of benzene rings is 2. The van der Waals surface area contributed by atoms with Gasteiger partial charge in [-0.3, -0.25) is 9.59 Å². The summed E-state index contributed by atoms with van der Waals surface area (Å²) in [6.45, 7) is 4.45. The number of nitrogens with one attached hydrogen (secondary N) is 1. The van der Waals surface area contributed by atoms with Crippen molar-refractivity contribution >= 4 is 17.5 Å². The smallest absolute Gasteiger partial charge is 0.257 e. The molecule has 0 bridgehead atoms. The quantitative estimate of drug-likeness (QED) is 0.886. The predicted octanol–water partition coefficient (Wildman–Crippen LogP) is 3.32. The minimum Gasteiger partial charge on any atom is -0.496 e. The van der Waals surface area contributed by atoms with Crippen molar-refractivity contribution in [2.75, 3.05) is 19.0 Å². The van der Waals surface area contributed by atoms with Crippen LogP contribution in [0.3, 0.4) is 0 Å². The highest BCUT2D eigenvalue weighted by Gasteiger charge is 2.19. The zero-order valence-corrected chi connectivity index (χ0v) is 14.2. The first-order valence-corrected chi connectivity index (χ1v) is 7.84. The van der Waals surface area contributed by atoms with Crippen LogP contribution in [0.15, 0.2) is 48.5 Å². The van der Waals surface area contributed by atoms with Crippen LogP contribution in [-0.2, 0) is 11.3 Å².